The van der Waals surface area contributed by atoms with Crippen molar-refractivity contribution in [3.63, 3.8) is 0 Å². The molecule has 0 heterocycles. The standard InChI is InChI=1S/C55H91NO8/c1-6-8-10-12-14-16-18-20-22-24-25-26-27-28-29-30-32-34-36-38-40-42-44-46-53(58)64-51(50-63-55(54(59)60)61-48-47-56(3,4)5)49-62-52(57)45-43-41-39-37-35-33-31-23-21-19-17-15-13-11-9-7-2/h8,10,14,16,20,22-23,25-26,28-29,31-32,34,38,40,51,55H,6-7,9,11-13,15,17-19,21,24,27,30,33,35-37,39,41-50H2,1-5H3/p+1/b10-8-,16-14-,22-20-,26-25-,29-28-,31-23-,34-32-,40-38-. The summed E-state index contributed by atoms with van der Waals surface area (Å²) in [6.45, 7) is 4.66. The molecule has 2 atom stereocenters. The minimum atomic E-state index is -1.53. The smallest absolute Gasteiger partial charge is 0.361 e. The van der Waals surface area contributed by atoms with Crippen LogP contribution in [0.15, 0.2) is 97.2 Å². The van der Waals surface area contributed by atoms with E-state index in [2.05, 4.69) is 111 Å². The van der Waals surface area contributed by atoms with Gasteiger partial charge in [-0.1, -0.05) is 169 Å². The number of likely N-dealkylation sites (N-methyl/N-ethyl adjacent to an activating group) is 1. The number of carboxylic acids is 1. The molecule has 0 aliphatic carbocycles. The summed E-state index contributed by atoms with van der Waals surface area (Å²) in [5.74, 6) is -2.11. The number of quaternary nitrogens is 1. The molecule has 0 aromatic carbocycles. The number of hydrogen-bond donors (Lipinski definition) is 1. The number of esters is 2. The molecular formula is C55H92NO8+. The van der Waals surface area contributed by atoms with Gasteiger partial charge in [-0.25, -0.2) is 4.79 Å². The lowest BCUT2D eigenvalue weighted by molar-refractivity contribution is -0.870. The number of carbonyl (C=O) groups excluding carboxylic acids is 2. The van der Waals surface area contributed by atoms with Crippen molar-refractivity contribution in [3.05, 3.63) is 97.2 Å². The van der Waals surface area contributed by atoms with Gasteiger partial charge in [0.2, 0.25) is 0 Å². The minimum Gasteiger partial charge on any atom is -0.477 e. The minimum absolute atomic E-state index is 0.170. The molecule has 0 rings (SSSR count). The van der Waals surface area contributed by atoms with Crippen LogP contribution in [0, 0.1) is 0 Å². The van der Waals surface area contributed by atoms with E-state index in [0.717, 1.165) is 83.5 Å². The first-order chi connectivity index (χ1) is 31.1. The zero-order valence-electron chi connectivity index (χ0n) is 41.2. The monoisotopic (exact) mass is 895 g/mol. The van der Waals surface area contributed by atoms with Gasteiger partial charge in [-0.2, -0.15) is 0 Å². The summed E-state index contributed by atoms with van der Waals surface area (Å²) in [5, 5.41) is 9.66. The van der Waals surface area contributed by atoms with Gasteiger partial charge >= 0.3 is 17.9 Å². The molecule has 0 radical (unpaired) electrons. The van der Waals surface area contributed by atoms with E-state index in [1.165, 1.54) is 51.4 Å². The second-order valence-corrected chi connectivity index (χ2v) is 17.4. The molecule has 0 saturated heterocycles. The molecule has 0 fully saturated rings. The molecule has 0 amide bonds. The van der Waals surface area contributed by atoms with Gasteiger partial charge in [-0.15, -0.1) is 0 Å². The molecule has 0 aromatic rings. The largest absolute Gasteiger partial charge is 0.477 e. The highest BCUT2D eigenvalue weighted by atomic mass is 16.7. The summed E-state index contributed by atoms with van der Waals surface area (Å²) in [4.78, 5) is 37.2. The highest BCUT2D eigenvalue weighted by Crippen LogP contribution is 2.12. The summed E-state index contributed by atoms with van der Waals surface area (Å²) in [7, 11) is 5.93. The van der Waals surface area contributed by atoms with E-state index in [9.17, 15) is 19.5 Å². The van der Waals surface area contributed by atoms with E-state index in [-0.39, 0.29) is 38.6 Å². The van der Waals surface area contributed by atoms with Crippen LogP contribution in [0.25, 0.3) is 0 Å². The van der Waals surface area contributed by atoms with Gasteiger partial charge in [0.25, 0.3) is 6.29 Å². The van der Waals surface area contributed by atoms with E-state index in [1.807, 2.05) is 21.1 Å². The van der Waals surface area contributed by atoms with Gasteiger partial charge < -0.3 is 28.5 Å². The Kier molecular flexibility index (Phi) is 43.1. The van der Waals surface area contributed by atoms with E-state index < -0.39 is 24.3 Å². The first-order valence-corrected chi connectivity index (χ1v) is 24.9. The Morgan fingerprint density at radius 3 is 1.39 bits per heavy atom. The van der Waals surface area contributed by atoms with Crippen molar-refractivity contribution >= 4 is 17.9 Å². The van der Waals surface area contributed by atoms with Crippen LogP contribution in [-0.2, 0) is 33.3 Å². The zero-order valence-corrected chi connectivity index (χ0v) is 41.2. The Balaban J connectivity index is 4.52. The van der Waals surface area contributed by atoms with Crippen molar-refractivity contribution in [1.82, 2.24) is 0 Å². The summed E-state index contributed by atoms with van der Waals surface area (Å²) in [6, 6.07) is 0. The quantitative estimate of drug-likeness (QED) is 0.0212. The van der Waals surface area contributed by atoms with Crippen LogP contribution < -0.4 is 0 Å². The maximum Gasteiger partial charge on any atom is 0.361 e. The highest BCUT2D eigenvalue weighted by molar-refractivity contribution is 5.71. The number of aliphatic carboxylic acids is 1. The average molecular weight is 895 g/mol. The van der Waals surface area contributed by atoms with Crippen LogP contribution in [0.2, 0.25) is 0 Å². The summed E-state index contributed by atoms with van der Waals surface area (Å²) in [5.41, 5.74) is 0. The molecule has 1 N–H and O–H groups in total. The summed E-state index contributed by atoms with van der Waals surface area (Å²) in [6.07, 6.45) is 57.6. The fourth-order valence-electron chi connectivity index (χ4n) is 6.23. The Bertz CT molecular complexity index is 1370. The molecule has 364 valence electrons. The lowest BCUT2D eigenvalue weighted by Crippen LogP contribution is -2.40. The van der Waals surface area contributed by atoms with Gasteiger partial charge in [0, 0.05) is 12.8 Å². The number of unbranched alkanes of at least 4 members (excludes halogenated alkanes) is 13. The second-order valence-electron chi connectivity index (χ2n) is 17.4. The third kappa shape index (κ3) is 46.2. The van der Waals surface area contributed by atoms with Gasteiger partial charge in [0.15, 0.2) is 6.10 Å². The fourth-order valence-corrected chi connectivity index (χ4v) is 6.23. The first kappa shape index (κ1) is 60.2. The van der Waals surface area contributed by atoms with Gasteiger partial charge in [-0.3, -0.25) is 9.59 Å². The van der Waals surface area contributed by atoms with Crippen LogP contribution in [-0.4, -0.2) is 87.4 Å². The SMILES string of the molecule is CC/C=C\C/C=C\C/C=C\C/C=C\C/C=C\C/C=C\C/C=C\CCCC(=O)OC(COC(=O)CCCCCCC/C=C\CCCCCCCCC)COC(OCC[N+](C)(C)C)C(=O)O. The lowest BCUT2D eigenvalue weighted by atomic mass is 10.1. The average Bonchev–Trinajstić information content (AvgIpc) is 3.26. The summed E-state index contributed by atoms with van der Waals surface area (Å²) >= 11 is 0. The van der Waals surface area contributed by atoms with Crippen molar-refractivity contribution < 1.29 is 42.9 Å². The molecule has 9 heteroatoms. The number of carbonyl (C=O) groups is 3. The van der Waals surface area contributed by atoms with Gasteiger partial charge in [0.05, 0.1) is 34.4 Å². The Morgan fingerprint density at radius 2 is 0.906 bits per heavy atom. The van der Waals surface area contributed by atoms with Gasteiger partial charge in [-0.05, 0) is 89.9 Å². The molecular weight excluding hydrogens is 803 g/mol. The predicted octanol–water partition coefficient (Wildman–Crippen LogP) is 13.8. The van der Waals surface area contributed by atoms with E-state index in [1.54, 1.807) is 0 Å². The first-order valence-electron chi connectivity index (χ1n) is 24.9. The van der Waals surface area contributed by atoms with E-state index in [4.69, 9.17) is 18.9 Å². The molecule has 0 aliphatic heterocycles. The number of allylic oxidation sites excluding steroid dienone is 16. The third-order valence-corrected chi connectivity index (χ3v) is 10.1. The maximum absolute atomic E-state index is 12.8. The zero-order chi connectivity index (χ0) is 47.0. The number of ether oxygens (including phenoxy) is 4. The van der Waals surface area contributed by atoms with Crippen LogP contribution in [0.5, 0.6) is 0 Å². The third-order valence-electron chi connectivity index (χ3n) is 10.1. The summed E-state index contributed by atoms with van der Waals surface area (Å²) < 4.78 is 22.7. The number of hydrogen-bond acceptors (Lipinski definition) is 7. The van der Waals surface area contributed by atoms with Crippen molar-refractivity contribution in [3.8, 4) is 0 Å². The van der Waals surface area contributed by atoms with Crippen molar-refractivity contribution in [1.29, 1.82) is 0 Å². The fraction of sp³-hybridized carbons (Fsp3) is 0.655. The number of carboxylic acid groups (broad SMARTS) is 1. The molecule has 0 aliphatic rings. The molecule has 2 unspecified atom stereocenters. The van der Waals surface area contributed by atoms with Crippen LogP contribution in [0.4, 0.5) is 0 Å². The molecule has 9 nitrogen and oxygen atoms in total. The van der Waals surface area contributed by atoms with Gasteiger partial charge in [0.1, 0.15) is 13.2 Å². The van der Waals surface area contributed by atoms with Crippen molar-refractivity contribution in [2.24, 2.45) is 0 Å². The van der Waals surface area contributed by atoms with E-state index >= 15 is 0 Å². The Hall–Kier alpha value is -3.79. The molecule has 0 spiro atoms. The number of rotatable bonds is 44. The van der Waals surface area contributed by atoms with Crippen LogP contribution in [0.1, 0.15) is 174 Å². The second kappa shape index (κ2) is 45.8. The normalized spacial score (nSPS) is 13.7. The van der Waals surface area contributed by atoms with E-state index in [0.29, 0.717) is 23.9 Å². The number of nitrogens with zero attached hydrogens (tertiary/aromatic N) is 1. The molecule has 64 heavy (non-hydrogen) atoms. The lowest BCUT2D eigenvalue weighted by Gasteiger charge is -2.25. The van der Waals surface area contributed by atoms with Crippen molar-refractivity contribution in [2.45, 2.75) is 187 Å². The topological polar surface area (TPSA) is 108 Å². The molecule has 0 bridgehead atoms. The molecule has 0 saturated carbocycles. The molecule has 0 aromatic heterocycles. The Morgan fingerprint density at radius 1 is 0.484 bits per heavy atom. The predicted molar refractivity (Wildman–Crippen MR) is 267 cm³/mol. The highest BCUT2D eigenvalue weighted by Gasteiger charge is 2.25. The Labute approximate surface area is 391 Å². The van der Waals surface area contributed by atoms with Crippen LogP contribution in [0.3, 0.4) is 0 Å². The van der Waals surface area contributed by atoms with Crippen LogP contribution >= 0.6 is 0 Å². The van der Waals surface area contributed by atoms with Crippen molar-refractivity contribution in [2.75, 3.05) is 47.5 Å². The maximum atomic E-state index is 12.8.